The highest BCUT2D eigenvalue weighted by molar-refractivity contribution is 6.10. The second-order valence-electron chi connectivity index (χ2n) is 10.0. The van der Waals surface area contributed by atoms with Gasteiger partial charge in [0.15, 0.2) is 6.61 Å². The molecule has 1 saturated heterocycles. The van der Waals surface area contributed by atoms with Gasteiger partial charge in [0, 0.05) is 17.5 Å². The molecule has 3 atom stereocenters. The topological polar surface area (TPSA) is 92.8 Å². The molecular weight excluding hydrogens is 468 g/mol. The number of nitrogens with one attached hydrogen (secondary N) is 1. The molecule has 3 amide bonds. The maximum Gasteiger partial charge on any atom is 0.329 e. The van der Waals surface area contributed by atoms with Crippen molar-refractivity contribution in [3.8, 4) is 0 Å². The van der Waals surface area contributed by atoms with E-state index in [9.17, 15) is 19.2 Å². The fourth-order valence-electron chi connectivity index (χ4n) is 6.36. The van der Waals surface area contributed by atoms with Crippen molar-refractivity contribution in [3.05, 3.63) is 101 Å². The lowest BCUT2D eigenvalue weighted by Crippen LogP contribution is -2.45. The van der Waals surface area contributed by atoms with Crippen LogP contribution in [0.2, 0.25) is 0 Å². The maximum absolute atomic E-state index is 13.7. The number of carbonyl (C=O) groups excluding carboxylic acids is 4. The SMILES string of the molecule is Cc1cccc(NC(=O)COC(=O)[C@H](C)N2C(=O)[C@H]3C4c5ccccc5C(c5ccccc54)[C@@H]3C2=O)c1. The van der Waals surface area contributed by atoms with Gasteiger partial charge in [-0.3, -0.25) is 19.3 Å². The van der Waals surface area contributed by atoms with Crippen molar-refractivity contribution in [2.24, 2.45) is 11.8 Å². The summed E-state index contributed by atoms with van der Waals surface area (Å²) < 4.78 is 5.23. The third-order valence-corrected chi connectivity index (χ3v) is 7.86. The molecule has 7 heteroatoms. The number of anilines is 1. The first-order valence-electron chi connectivity index (χ1n) is 12.4. The lowest BCUT2D eigenvalue weighted by molar-refractivity contribution is -0.159. The molecule has 0 aromatic heterocycles. The van der Waals surface area contributed by atoms with E-state index < -0.39 is 36.4 Å². The number of ether oxygens (including phenoxy) is 1. The molecule has 3 aromatic rings. The Bertz CT molecular complexity index is 1350. The molecule has 3 aliphatic carbocycles. The summed E-state index contributed by atoms with van der Waals surface area (Å²) in [5, 5.41) is 2.68. The number of hydrogen-bond acceptors (Lipinski definition) is 5. The zero-order valence-corrected chi connectivity index (χ0v) is 20.5. The monoisotopic (exact) mass is 494 g/mol. The van der Waals surface area contributed by atoms with Gasteiger partial charge in [0.05, 0.1) is 11.8 Å². The second kappa shape index (κ2) is 8.69. The molecule has 3 aromatic carbocycles. The minimum atomic E-state index is -1.14. The molecule has 37 heavy (non-hydrogen) atoms. The van der Waals surface area contributed by atoms with Crippen molar-refractivity contribution in [2.45, 2.75) is 31.7 Å². The molecule has 1 heterocycles. The summed E-state index contributed by atoms with van der Waals surface area (Å²) in [6.07, 6.45) is 0. The van der Waals surface area contributed by atoms with Gasteiger partial charge in [-0.05, 0) is 53.8 Å². The number of hydrogen-bond donors (Lipinski definition) is 1. The van der Waals surface area contributed by atoms with E-state index in [1.807, 2.05) is 67.6 Å². The highest BCUT2D eigenvalue weighted by Gasteiger charge is 2.62. The molecule has 186 valence electrons. The summed E-state index contributed by atoms with van der Waals surface area (Å²) in [7, 11) is 0. The van der Waals surface area contributed by atoms with Gasteiger partial charge in [0.25, 0.3) is 5.91 Å². The Balaban J connectivity index is 1.22. The Labute approximate surface area is 214 Å². The van der Waals surface area contributed by atoms with Crippen molar-refractivity contribution >= 4 is 29.4 Å². The molecule has 4 aliphatic rings. The third-order valence-electron chi connectivity index (χ3n) is 7.86. The molecule has 0 radical (unpaired) electrons. The number of carbonyl (C=O) groups is 4. The molecule has 2 bridgehead atoms. The van der Waals surface area contributed by atoms with Crippen molar-refractivity contribution < 1.29 is 23.9 Å². The second-order valence-corrected chi connectivity index (χ2v) is 10.0. The van der Waals surface area contributed by atoms with Crippen LogP contribution in [0.4, 0.5) is 5.69 Å². The van der Waals surface area contributed by atoms with Gasteiger partial charge >= 0.3 is 5.97 Å². The van der Waals surface area contributed by atoms with Crippen LogP contribution in [0, 0.1) is 18.8 Å². The fraction of sp³-hybridized carbons (Fsp3) is 0.267. The Morgan fingerprint density at radius 2 is 1.35 bits per heavy atom. The molecule has 1 aliphatic heterocycles. The Morgan fingerprint density at radius 3 is 1.84 bits per heavy atom. The molecule has 0 saturated carbocycles. The average molecular weight is 495 g/mol. The Kier molecular flexibility index (Phi) is 5.44. The number of nitrogens with zero attached hydrogens (tertiary/aromatic N) is 1. The first-order chi connectivity index (χ1) is 17.9. The molecule has 1 fully saturated rings. The highest BCUT2D eigenvalue weighted by atomic mass is 16.5. The minimum Gasteiger partial charge on any atom is -0.454 e. The van der Waals surface area contributed by atoms with E-state index in [-0.39, 0.29) is 23.7 Å². The first-order valence-corrected chi connectivity index (χ1v) is 12.4. The van der Waals surface area contributed by atoms with Crippen LogP contribution in [0.15, 0.2) is 72.8 Å². The molecule has 1 N–H and O–H groups in total. The highest BCUT2D eigenvalue weighted by Crippen LogP contribution is 2.61. The summed E-state index contributed by atoms with van der Waals surface area (Å²) in [6, 6.07) is 22.1. The van der Waals surface area contributed by atoms with Gasteiger partial charge in [-0.1, -0.05) is 60.7 Å². The van der Waals surface area contributed by atoms with Crippen LogP contribution in [0.1, 0.15) is 46.6 Å². The van der Waals surface area contributed by atoms with Crippen molar-refractivity contribution in [2.75, 3.05) is 11.9 Å². The molecular formula is C30H26N2O5. The van der Waals surface area contributed by atoms with Crippen molar-refractivity contribution in [3.63, 3.8) is 0 Å². The number of amides is 3. The molecule has 7 rings (SSSR count). The van der Waals surface area contributed by atoms with Gasteiger partial charge in [0.1, 0.15) is 6.04 Å². The molecule has 0 spiro atoms. The molecule has 0 unspecified atom stereocenters. The number of esters is 1. The van der Waals surface area contributed by atoms with Crippen LogP contribution < -0.4 is 5.32 Å². The van der Waals surface area contributed by atoms with Crippen LogP contribution in [0.5, 0.6) is 0 Å². The van der Waals surface area contributed by atoms with Gasteiger partial charge in [-0.15, -0.1) is 0 Å². The van der Waals surface area contributed by atoms with Crippen LogP contribution >= 0.6 is 0 Å². The predicted octanol–water partition coefficient (Wildman–Crippen LogP) is 3.76. The number of rotatable bonds is 5. The number of imide groups is 1. The van der Waals surface area contributed by atoms with Crippen LogP contribution in [0.3, 0.4) is 0 Å². The molecule has 7 nitrogen and oxygen atoms in total. The smallest absolute Gasteiger partial charge is 0.329 e. The summed E-state index contributed by atoms with van der Waals surface area (Å²) in [5.41, 5.74) is 5.85. The van der Waals surface area contributed by atoms with E-state index in [0.717, 1.165) is 32.7 Å². The zero-order chi connectivity index (χ0) is 25.8. The van der Waals surface area contributed by atoms with E-state index in [4.69, 9.17) is 4.74 Å². The Morgan fingerprint density at radius 1 is 0.838 bits per heavy atom. The van der Waals surface area contributed by atoms with E-state index in [0.29, 0.717) is 5.69 Å². The van der Waals surface area contributed by atoms with Crippen molar-refractivity contribution in [1.29, 1.82) is 0 Å². The van der Waals surface area contributed by atoms with E-state index in [1.54, 1.807) is 12.1 Å². The summed E-state index contributed by atoms with van der Waals surface area (Å²) >= 11 is 0. The average Bonchev–Trinajstić information content (AvgIpc) is 3.17. The largest absolute Gasteiger partial charge is 0.454 e. The van der Waals surface area contributed by atoms with E-state index >= 15 is 0 Å². The number of aryl methyl sites for hydroxylation is 1. The van der Waals surface area contributed by atoms with Crippen LogP contribution in [-0.2, 0) is 23.9 Å². The summed E-state index contributed by atoms with van der Waals surface area (Å²) in [5.74, 6) is -3.63. The number of benzene rings is 3. The van der Waals surface area contributed by atoms with Crippen LogP contribution in [0.25, 0.3) is 0 Å². The summed E-state index contributed by atoms with van der Waals surface area (Å²) in [4.78, 5) is 53.8. The lowest BCUT2D eigenvalue weighted by Gasteiger charge is -2.45. The Hall–Kier alpha value is -4.26. The van der Waals surface area contributed by atoms with E-state index in [2.05, 4.69) is 5.32 Å². The lowest BCUT2D eigenvalue weighted by atomic mass is 9.55. The first kappa shape index (κ1) is 23.2. The third kappa shape index (κ3) is 3.56. The van der Waals surface area contributed by atoms with Gasteiger partial charge in [0.2, 0.25) is 11.8 Å². The maximum atomic E-state index is 13.7. The van der Waals surface area contributed by atoms with E-state index in [1.165, 1.54) is 6.92 Å². The predicted molar refractivity (Wildman–Crippen MR) is 136 cm³/mol. The number of likely N-dealkylation sites (tertiary alicyclic amines) is 1. The van der Waals surface area contributed by atoms with Crippen LogP contribution in [-0.4, -0.2) is 41.2 Å². The quantitative estimate of drug-likeness (QED) is 0.431. The normalized spacial score (nSPS) is 23.7. The summed E-state index contributed by atoms with van der Waals surface area (Å²) in [6.45, 7) is 2.88. The fourth-order valence-corrected chi connectivity index (χ4v) is 6.36. The minimum absolute atomic E-state index is 0.243. The zero-order valence-electron chi connectivity index (χ0n) is 20.5. The van der Waals surface area contributed by atoms with Gasteiger partial charge < -0.3 is 10.1 Å². The standard InChI is InChI=1S/C30H26N2O5/c1-16-8-7-9-18(14-16)31-23(33)15-37-30(36)17(2)32-28(34)26-24-19-10-3-4-11-20(19)25(27(26)29(32)35)22-13-6-5-12-21(22)24/h3-14,17,24-27H,15H2,1-2H3,(H,31,33)/t17-,24?,25?,26-,27-/m0/s1. The van der Waals surface area contributed by atoms with Crippen molar-refractivity contribution in [1.82, 2.24) is 4.90 Å². The van der Waals surface area contributed by atoms with Gasteiger partial charge in [-0.25, -0.2) is 4.79 Å². The van der Waals surface area contributed by atoms with Gasteiger partial charge in [-0.2, -0.15) is 0 Å².